The molecule has 0 aromatic heterocycles. The minimum Gasteiger partial charge on any atom is -0.311 e. The smallest absolute Gasteiger partial charge is 0.00705 e. The lowest BCUT2D eigenvalue weighted by molar-refractivity contribution is 0.182. The van der Waals surface area contributed by atoms with Crippen molar-refractivity contribution >= 4 is 0 Å². The molecule has 0 aromatic carbocycles. The molecule has 1 N–H and O–H groups in total. The highest BCUT2D eigenvalue weighted by molar-refractivity contribution is 4.80. The summed E-state index contributed by atoms with van der Waals surface area (Å²) in [6.07, 6.45) is 6.63. The third-order valence-corrected chi connectivity index (χ3v) is 4.10. The van der Waals surface area contributed by atoms with Gasteiger partial charge in [0.25, 0.3) is 0 Å². The molecule has 2 heteroatoms. The fourth-order valence-electron chi connectivity index (χ4n) is 2.79. The highest BCUT2D eigenvalue weighted by atomic mass is 15.1. The van der Waals surface area contributed by atoms with Gasteiger partial charge in [0.2, 0.25) is 0 Å². The van der Waals surface area contributed by atoms with Gasteiger partial charge in [0.05, 0.1) is 0 Å². The van der Waals surface area contributed by atoms with E-state index in [-0.39, 0.29) is 0 Å². The second kappa shape index (κ2) is 7.29. The van der Waals surface area contributed by atoms with Crippen LogP contribution in [0.25, 0.3) is 0 Å². The molecule has 1 aliphatic heterocycles. The first-order valence-corrected chi connectivity index (χ1v) is 7.11. The van der Waals surface area contributed by atoms with Crippen LogP contribution in [0.3, 0.4) is 0 Å². The molecule has 2 unspecified atom stereocenters. The molecule has 1 aliphatic rings. The number of rotatable bonds is 6. The highest BCUT2D eigenvalue weighted by Crippen LogP contribution is 2.20. The van der Waals surface area contributed by atoms with Crippen molar-refractivity contribution in [2.75, 3.05) is 20.1 Å². The zero-order valence-corrected chi connectivity index (χ0v) is 11.6. The molecule has 1 heterocycles. The van der Waals surface area contributed by atoms with Crippen molar-refractivity contribution in [2.45, 2.75) is 65.0 Å². The molecule has 0 spiro atoms. The zero-order chi connectivity index (χ0) is 12.0. The van der Waals surface area contributed by atoms with Gasteiger partial charge >= 0.3 is 0 Å². The average molecular weight is 226 g/mol. The SMILES string of the molecule is CCCC(CC)NC(C)C1CCN(C)CC1. The van der Waals surface area contributed by atoms with Gasteiger partial charge in [-0.1, -0.05) is 20.3 Å². The number of nitrogens with one attached hydrogen (secondary N) is 1. The maximum absolute atomic E-state index is 3.83. The van der Waals surface area contributed by atoms with Gasteiger partial charge in [-0.15, -0.1) is 0 Å². The zero-order valence-electron chi connectivity index (χ0n) is 11.6. The van der Waals surface area contributed by atoms with E-state index in [1.165, 1.54) is 45.2 Å². The predicted molar refractivity (Wildman–Crippen MR) is 71.8 cm³/mol. The Hall–Kier alpha value is -0.0800. The van der Waals surface area contributed by atoms with Gasteiger partial charge < -0.3 is 10.2 Å². The molecular weight excluding hydrogens is 196 g/mol. The summed E-state index contributed by atoms with van der Waals surface area (Å²) in [5, 5.41) is 3.83. The van der Waals surface area contributed by atoms with Crippen LogP contribution in [0.15, 0.2) is 0 Å². The van der Waals surface area contributed by atoms with Gasteiger partial charge in [0.1, 0.15) is 0 Å². The van der Waals surface area contributed by atoms with Crippen LogP contribution in [-0.4, -0.2) is 37.1 Å². The van der Waals surface area contributed by atoms with Crippen LogP contribution in [0.4, 0.5) is 0 Å². The Labute approximate surface area is 102 Å². The Morgan fingerprint density at radius 2 is 1.88 bits per heavy atom. The monoisotopic (exact) mass is 226 g/mol. The van der Waals surface area contributed by atoms with E-state index in [4.69, 9.17) is 0 Å². The van der Waals surface area contributed by atoms with Gasteiger partial charge in [-0.05, 0) is 58.7 Å². The Balaban J connectivity index is 2.30. The second-order valence-electron chi connectivity index (χ2n) is 5.49. The van der Waals surface area contributed by atoms with E-state index < -0.39 is 0 Å². The lowest BCUT2D eigenvalue weighted by Crippen LogP contribution is -2.44. The fourth-order valence-corrected chi connectivity index (χ4v) is 2.79. The van der Waals surface area contributed by atoms with Crippen LogP contribution in [0, 0.1) is 5.92 Å². The quantitative estimate of drug-likeness (QED) is 0.749. The Morgan fingerprint density at radius 3 is 2.38 bits per heavy atom. The van der Waals surface area contributed by atoms with E-state index in [2.05, 4.69) is 38.0 Å². The first-order valence-electron chi connectivity index (χ1n) is 7.11. The van der Waals surface area contributed by atoms with Crippen LogP contribution in [0.5, 0.6) is 0 Å². The summed E-state index contributed by atoms with van der Waals surface area (Å²) >= 11 is 0. The standard InChI is InChI=1S/C14H30N2/c1-5-7-14(6-2)15-12(3)13-8-10-16(4)11-9-13/h12-15H,5-11H2,1-4H3. The predicted octanol–water partition coefficient (Wildman–Crippen LogP) is 2.89. The molecule has 2 nitrogen and oxygen atoms in total. The van der Waals surface area contributed by atoms with E-state index in [9.17, 15) is 0 Å². The van der Waals surface area contributed by atoms with Gasteiger partial charge in [0.15, 0.2) is 0 Å². The Bertz CT molecular complexity index is 174. The number of likely N-dealkylation sites (tertiary alicyclic amines) is 1. The topological polar surface area (TPSA) is 15.3 Å². The molecule has 0 amide bonds. The van der Waals surface area contributed by atoms with Crippen molar-refractivity contribution in [3.63, 3.8) is 0 Å². The van der Waals surface area contributed by atoms with Crippen LogP contribution in [-0.2, 0) is 0 Å². The third-order valence-electron chi connectivity index (χ3n) is 4.10. The molecular formula is C14H30N2. The molecule has 0 bridgehead atoms. The molecule has 0 aliphatic carbocycles. The minimum absolute atomic E-state index is 0.699. The lowest BCUT2D eigenvalue weighted by Gasteiger charge is -2.35. The summed E-state index contributed by atoms with van der Waals surface area (Å²) in [6.45, 7) is 9.52. The van der Waals surface area contributed by atoms with Gasteiger partial charge in [-0.25, -0.2) is 0 Å². The number of hydrogen-bond acceptors (Lipinski definition) is 2. The summed E-state index contributed by atoms with van der Waals surface area (Å²) < 4.78 is 0. The number of nitrogens with zero attached hydrogens (tertiary/aromatic N) is 1. The normalized spacial score (nSPS) is 23.2. The highest BCUT2D eigenvalue weighted by Gasteiger charge is 2.23. The molecule has 96 valence electrons. The van der Waals surface area contributed by atoms with Crippen molar-refractivity contribution in [3.05, 3.63) is 0 Å². The van der Waals surface area contributed by atoms with Crippen molar-refractivity contribution < 1.29 is 0 Å². The second-order valence-corrected chi connectivity index (χ2v) is 5.49. The van der Waals surface area contributed by atoms with Crippen molar-refractivity contribution in [2.24, 2.45) is 5.92 Å². The van der Waals surface area contributed by atoms with E-state index in [1.807, 2.05) is 0 Å². The Kier molecular flexibility index (Phi) is 6.37. The first-order chi connectivity index (χ1) is 7.67. The average Bonchev–Trinajstić information content (AvgIpc) is 2.29. The maximum atomic E-state index is 3.83. The maximum Gasteiger partial charge on any atom is 0.00705 e. The molecule has 0 aromatic rings. The minimum atomic E-state index is 0.699. The van der Waals surface area contributed by atoms with Crippen LogP contribution < -0.4 is 5.32 Å². The van der Waals surface area contributed by atoms with Crippen LogP contribution >= 0.6 is 0 Å². The van der Waals surface area contributed by atoms with Gasteiger partial charge in [0, 0.05) is 12.1 Å². The van der Waals surface area contributed by atoms with E-state index in [0.717, 1.165) is 12.0 Å². The summed E-state index contributed by atoms with van der Waals surface area (Å²) in [4.78, 5) is 2.45. The Morgan fingerprint density at radius 1 is 1.25 bits per heavy atom. The third kappa shape index (κ3) is 4.42. The molecule has 2 atom stereocenters. The first kappa shape index (κ1) is 14.0. The van der Waals surface area contributed by atoms with Gasteiger partial charge in [-0.2, -0.15) is 0 Å². The molecule has 0 radical (unpaired) electrons. The van der Waals surface area contributed by atoms with Crippen molar-refractivity contribution in [1.82, 2.24) is 10.2 Å². The van der Waals surface area contributed by atoms with E-state index in [0.29, 0.717) is 6.04 Å². The largest absolute Gasteiger partial charge is 0.311 e. The summed E-state index contributed by atoms with van der Waals surface area (Å²) in [5.74, 6) is 0.891. The summed E-state index contributed by atoms with van der Waals surface area (Å²) in [6, 6.07) is 1.44. The number of hydrogen-bond donors (Lipinski definition) is 1. The van der Waals surface area contributed by atoms with Crippen molar-refractivity contribution in [1.29, 1.82) is 0 Å². The van der Waals surface area contributed by atoms with Crippen LogP contribution in [0.2, 0.25) is 0 Å². The summed E-state index contributed by atoms with van der Waals surface area (Å²) in [5.41, 5.74) is 0. The fraction of sp³-hybridized carbons (Fsp3) is 1.00. The van der Waals surface area contributed by atoms with E-state index in [1.54, 1.807) is 0 Å². The van der Waals surface area contributed by atoms with Crippen LogP contribution in [0.1, 0.15) is 52.9 Å². The molecule has 0 saturated carbocycles. The molecule has 16 heavy (non-hydrogen) atoms. The summed E-state index contributed by atoms with van der Waals surface area (Å²) in [7, 11) is 2.24. The number of piperidine rings is 1. The molecule has 1 saturated heterocycles. The van der Waals surface area contributed by atoms with Gasteiger partial charge in [-0.3, -0.25) is 0 Å². The van der Waals surface area contributed by atoms with E-state index >= 15 is 0 Å². The molecule has 1 fully saturated rings. The van der Waals surface area contributed by atoms with Crippen molar-refractivity contribution in [3.8, 4) is 0 Å². The lowest BCUT2D eigenvalue weighted by atomic mass is 9.89. The molecule has 1 rings (SSSR count).